The Morgan fingerprint density at radius 3 is 2.74 bits per heavy atom. The number of fused-ring (bicyclic) bond motifs is 2. The summed E-state index contributed by atoms with van der Waals surface area (Å²) in [6, 6.07) is 4.16. The zero-order chi connectivity index (χ0) is 13.7. The molecule has 2 bridgehead atoms. The number of aromatic nitrogens is 1. The van der Waals surface area contributed by atoms with Crippen molar-refractivity contribution in [3.8, 4) is 5.75 Å². The normalized spacial score (nSPS) is 35.7. The highest BCUT2D eigenvalue weighted by Crippen LogP contribution is 2.62. The molecule has 0 saturated heterocycles. The summed E-state index contributed by atoms with van der Waals surface area (Å²) in [4.78, 5) is 4.26. The van der Waals surface area contributed by atoms with E-state index in [9.17, 15) is 5.11 Å². The van der Waals surface area contributed by atoms with E-state index >= 15 is 0 Å². The molecule has 3 nitrogen and oxygen atoms in total. The van der Waals surface area contributed by atoms with Gasteiger partial charge in [0.15, 0.2) is 0 Å². The predicted molar refractivity (Wildman–Crippen MR) is 75.8 cm³/mol. The molecular weight excluding hydrogens is 236 g/mol. The summed E-state index contributed by atoms with van der Waals surface area (Å²) in [5.41, 5.74) is 1.83. The summed E-state index contributed by atoms with van der Waals surface area (Å²) in [7, 11) is 0. The summed E-state index contributed by atoms with van der Waals surface area (Å²) in [5.74, 6) is 1.10. The Morgan fingerprint density at radius 1 is 1.37 bits per heavy atom. The largest absolute Gasteiger partial charge is 0.506 e. The molecule has 0 amide bonds. The van der Waals surface area contributed by atoms with Crippen LogP contribution in [0.3, 0.4) is 0 Å². The summed E-state index contributed by atoms with van der Waals surface area (Å²) in [5, 5.41) is 13.0. The monoisotopic (exact) mass is 260 g/mol. The molecule has 2 saturated carbocycles. The van der Waals surface area contributed by atoms with Crippen molar-refractivity contribution < 1.29 is 5.11 Å². The van der Waals surface area contributed by atoms with Crippen LogP contribution in [0.1, 0.15) is 45.7 Å². The fraction of sp³-hybridized carbons (Fsp3) is 0.688. The maximum Gasteiger partial charge on any atom is 0.133 e. The standard InChI is InChI=1S/C16H24N2O/c1-15(2)11-6-7-16(3,8-11)14(15)18-9-12-4-5-13(19)10-17-12/h4-5,10-11,14,18-19H,6-9H2,1-3H3. The second-order valence-electron chi connectivity index (χ2n) is 7.24. The third-order valence-corrected chi connectivity index (χ3v) is 5.57. The van der Waals surface area contributed by atoms with Crippen molar-refractivity contribution >= 4 is 0 Å². The minimum absolute atomic E-state index is 0.232. The van der Waals surface area contributed by atoms with Crippen LogP contribution in [0.15, 0.2) is 18.3 Å². The van der Waals surface area contributed by atoms with E-state index in [0.29, 0.717) is 16.9 Å². The Kier molecular flexibility index (Phi) is 2.86. The fourth-order valence-corrected chi connectivity index (χ4v) is 4.54. The second-order valence-corrected chi connectivity index (χ2v) is 7.24. The van der Waals surface area contributed by atoms with Gasteiger partial charge in [-0.25, -0.2) is 0 Å². The topological polar surface area (TPSA) is 45.1 Å². The molecule has 2 aliphatic rings. The summed E-state index contributed by atoms with van der Waals surface area (Å²) < 4.78 is 0. The van der Waals surface area contributed by atoms with E-state index in [-0.39, 0.29) is 5.75 Å². The number of hydrogen-bond acceptors (Lipinski definition) is 3. The molecule has 0 radical (unpaired) electrons. The van der Waals surface area contributed by atoms with E-state index in [2.05, 4.69) is 31.1 Å². The SMILES string of the molecule is CC12CCC(C1)C(C)(C)C2NCc1ccc(O)cn1. The summed E-state index contributed by atoms with van der Waals surface area (Å²) >= 11 is 0. The van der Waals surface area contributed by atoms with Crippen LogP contribution in [0.25, 0.3) is 0 Å². The van der Waals surface area contributed by atoms with Gasteiger partial charge >= 0.3 is 0 Å². The van der Waals surface area contributed by atoms with Crippen molar-refractivity contribution in [1.29, 1.82) is 0 Å². The third-order valence-electron chi connectivity index (χ3n) is 5.57. The number of nitrogens with one attached hydrogen (secondary N) is 1. The highest BCUT2D eigenvalue weighted by atomic mass is 16.3. The first-order chi connectivity index (χ1) is 8.92. The van der Waals surface area contributed by atoms with Crippen LogP contribution in [-0.4, -0.2) is 16.1 Å². The number of aromatic hydroxyl groups is 1. The lowest BCUT2D eigenvalue weighted by atomic mass is 9.68. The van der Waals surface area contributed by atoms with Crippen molar-refractivity contribution in [1.82, 2.24) is 10.3 Å². The molecule has 3 rings (SSSR count). The van der Waals surface area contributed by atoms with Crippen molar-refractivity contribution in [3.63, 3.8) is 0 Å². The molecule has 1 aromatic heterocycles. The molecule has 2 N–H and O–H groups in total. The third kappa shape index (κ3) is 2.04. The number of nitrogens with zero attached hydrogens (tertiary/aromatic N) is 1. The molecule has 3 unspecified atom stereocenters. The molecule has 0 aliphatic heterocycles. The molecule has 3 heteroatoms. The van der Waals surface area contributed by atoms with E-state index in [1.807, 2.05) is 6.07 Å². The van der Waals surface area contributed by atoms with Crippen LogP contribution >= 0.6 is 0 Å². The van der Waals surface area contributed by atoms with Gasteiger partial charge in [0, 0.05) is 12.6 Å². The molecule has 104 valence electrons. The molecule has 0 aromatic carbocycles. The average Bonchev–Trinajstić information content (AvgIpc) is 2.82. The van der Waals surface area contributed by atoms with Crippen LogP contribution < -0.4 is 5.32 Å². The molecule has 2 aliphatic carbocycles. The first-order valence-electron chi connectivity index (χ1n) is 7.29. The molecule has 19 heavy (non-hydrogen) atoms. The summed E-state index contributed by atoms with van der Waals surface area (Å²) in [6.45, 7) is 8.04. The molecular formula is C16H24N2O. The zero-order valence-electron chi connectivity index (χ0n) is 12.1. The Balaban J connectivity index is 1.71. The van der Waals surface area contributed by atoms with Gasteiger partial charge in [-0.2, -0.15) is 0 Å². The molecule has 1 heterocycles. The van der Waals surface area contributed by atoms with Gasteiger partial charge in [-0.1, -0.05) is 20.8 Å². The van der Waals surface area contributed by atoms with Crippen molar-refractivity contribution in [3.05, 3.63) is 24.0 Å². The van der Waals surface area contributed by atoms with Gasteiger partial charge in [-0.05, 0) is 48.1 Å². The average molecular weight is 260 g/mol. The minimum atomic E-state index is 0.232. The van der Waals surface area contributed by atoms with Crippen LogP contribution in [0, 0.1) is 16.7 Å². The maximum absolute atomic E-state index is 9.26. The van der Waals surface area contributed by atoms with Gasteiger partial charge in [0.05, 0.1) is 11.9 Å². The van der Waals surface area contributed by atoms with Gasteiger partial charge in [0.25, 0.3) is 0 Å². The van der Waals surface area contributed by atoms with Crippen molar-refractivity contribution in [2.45, 2.75) is 52.6 Å². The number of hydrogen-bond donors (Lipinski definition) is 2. The van der Waals surface area contributed by atoms with E-state index in [0.717, 1.165) is 18.2 Å². The molecule has 3 atom stereocenters. The number of rotatable bonds is 3. The van der Waals surface area contributed by atoms with Crippen molar-refractivity contribution in [2.24, 2.45) is 16.7 Å². The quantitative estimate of drug-likeness (QED) is 0.878. The van der Waals surface area contributed by atoms with Gasteiger partial charge in [-0.15, -0.1) is 0 Å². The lowest BCUT2D eigenvalue weighted by Gasteiger charge is -2.43. The van der Waals surface area contributed by atoms with Crippen LogP contribution in [-0.2, 0) is 6.54 Å². The first-order valence-corrected chi connectivity index (χ1v) is 7.29. The van der Waals surface area contributed by atoms with Crippen LogP contribution in [0.5, 0.6) is 5.75 Å². The molecule has 1 aromatic rings. The van der Waals surface area contributed by atoms with E-state index in [4.69, 9.17) is 0 Å². The van der Waals surface area contributed by atoms with Gasteiger partial charge in [0.1, 0.15) is 5.75 Å². The van der Waals surface area contributed by atoms with E-state index < -0.39 is 0 Å². The lowest BCUT2D eigenvalue weighted by Crippen LogP contribution is -2.50. The predicted octanol–water partition coefficient (Wildman–Crippen LogP) is 3.09. The van der Waals surface area contributed by atoms with Crippen LogP contribution in [0.2, 0.25) is 0 Å². The lowest BCUT2D eigenvalue weighted by molar-refractivity contribution is 0.107. The maximum atomic E-state index is 9.26. The Labute approximate surface area is 115 Å². The van der Waals surface area contributed by atoms with E-state index in [1.54, 1.807) is 6.07 Å². The molecule has 0 spiro atoms. The second kappa shape index (κ2) is 4.20. The van der Waals surface area contributed by atoms with Gasteiger partial charge in [-0.3, -0.25) is 4.98 Å². The smallest absolute Gasteiger partial charge is 0.133 e. The highest BCUT2D eigenvalue weighted by Gasteiger charge is 2.58. The van der Waals surface area contributed by atoms with Crippen molar-refractivity contribution in [2.75, 3.05) is 0 Å². The van der Waals surface area contributed by atoms with Crippen LogP contribution in [0.4, 0.5) is 0 Å². The summed E-state index contributed by atoms with van der Waals surface area (Å²) in [6.07, 6.45) is 5.62. The Morgan fingerprint density at radius 2 is 2.16 bits per heavy atom. The van der Waals surface area contributed by atoms with Gasteiger partial charge in [0.2, 0.25) is 0 Å². The van der Waals surface area contributed by atoms with Gasteiger partial charge < -0.3 is 10.4 Å². The fourth-order valence-electron chi connectivity index (χ4n) is 4.54. The first kappa shape index (κ1) is 12.9. The number of pyridine rings is 1. The highest BCUT2D eigenvalue weighted by molar-refractivity contribution is 5.18. The Hall–Kier alpha value is -1.09. The van der Waals surface area contributed by atoms with E-state index in [1.165, 1.54) is 25.5 Å². The Bertz CT molecular complexity index is 463. The minimum Gasteiger partial charge on any atom is -0.506 e. The zero-order valence-corrected chi connectivity index (χ0v) is 12.1. The molecule has 2 fully saturated rings.